The molecule has 0 aromatic heterocycles. The lowest BCUT2D eigenvalue weighted by molar-refractivity contribution is -0.369. The first kappa shape index (κ1) is 57.6. The molecule has 27 atom stereocenters. The van der Waals surface area contributed by atoms with Crippen LogP contribution in [0.1, 0.15) is 113 Å². The molecule has 4 aliphatic heterocycles. The molecular weight excluding hydrogens is 989 g/mol. The van der Waals surface area contributed by atoms with Gasteiger partial charge in [0.25, 0.3) is 0 Å². The second-order valence-electron chi connectivity index (χ2n) is 25.7. The van der Waals surface area contributed by atoms with Crippen LogP contribution in [0.2, 0.25) is 0 Å². The Labute approximate surface area is 437 Å². The molecule has 4 saturated carbocycles. The van der Waals surface area contributed by atoms with Gasteiger partial charge in [-0.15, -0.1) is 0 Å². The lowest BCUT2D eigenvalue weighted by atomic mass is 9.33. The van der Waals surface area contributed by atoms with Gasteiger partial charge in [0.15, 0.2) is 31.1 Å². The van der Waals surface area contributed by atoms with E-state index in [1.807, 2.05) is 0 Å². The molecule has 9 rings (SSSR count). The first-order valence-corrected chi connectivity index (χ1v) is 27.0. The predicted octanol–water partition coefficient (Wildman–Crippen LogP) is -0.578. The fraction of sp³-hybridized carbons (Fsp3) is 0.925. The van der Waals surface area contributed by atoms with Gasteiger partial charge in [-0.25, -0.2) is 4.79 Å². The maximum Gasteiger partial charge on any atom is 0.337 e. The molecule has 0 radical (unpaired) electrons. The van der Waals surface area contributed by atoms with Gasteiger partial charge in [0.05, 0.1) is 38.6 Å². The summed E-state index contributed by atoms with van der Waals surface area (Å²) >= 11 is 0. The summed E-state index contributed by atoms with van der Waals surface area (Å²) in [6.07, 6.45) is -22.6. The van der Waals surface area contributed by atoms with E-state index in [0.717, 1.165) is 31.9 Å². The second kappa shape index (κ2) is 20.5. The average molecular weight is 1070 g/mol. The van der Waals surface area contributed by atoms with Gasteiger partial charge in [-0.3, -0.25) is 4.79 Å². The van der Waals surface area contributed by atoms with Gasteiger partial charge in [0.1, 0.15) is 72.6 Å². The highest BCUT2D eigenvalue weighted by Crippen LogP contribution is 2.76. The van der Waals surface area contributed by atoms with Crippen LogP contribution in [0.4, 0.5) is 0 Å². The zero-order valence-corrected chi connectivity index (χ0v) is 44.5. The van der Waals surface area contributed by atoms with Crippen LogP contribution in [0.3, 0.4) is 0 Å². The number of methoxy groups -OCH3 is 1. The number of esters is 2. The number of ether oxygens (including phenoxy) is 9. The summed E-state index contributed by atoms with van der Waals surface area (Å²) in [6.45, 7) is 16.2. The Bertz CT molecular complexity index is 2130. The van der Waals surface area contributed by atoms with Gasteiger partial charge in [-0.05, 0) is 110 Å². The molecular formula is C53H84O22. The topological polar surface area (TPSA) is 340 Å². The summed E-state index contributed by atoms with van der Waals surface area (Å²) in [5.74, 6) is -1.88. The lowest BCUT2D eigenvalue weighted by Crippen LogP contribution is -2.68. The van der Waals surface area contributed by atoms with Crippen LogP contribution in [0.15, 0.2) is 11.6 Å². The minimum atomic E-state index is -1.87. The number of hydrogen-bond acceptors (Lipinski definition) is 22. The van der Waals surface area contributed by atoms with Gasteiger partial charge in [0, 0.05) is 0 Å². The van der Waals surface area contributed by atoms with Gasteiger partial charge in [-0.2, -0.15) is 0 Å². The third kappa shape index (κ3) is 9.27. The SMILES string of the molecule is COC(=O)[C@H]1O[C@@H](O[C@H]2CC[C@]3(C)[C@H]4CC=C5[C@H]6CC(C)(C)CC[C@]6(C(=O)O[C@@H]6OC[C@@H](O)[C@H](O)[C@H]6O[C@@H]6O[C@@H](C)[C@H](O[C@@H]7OC[C@@H](O)[C@H](O)[C@H]7O)[C@@H](O)[C@H]6O)[C@H](O)C[C@@]5(C)[C@]4(C)CC[C@H]3C2(C)C)[C@H](O)[C@@H](O)[C@@H]1O. The van der Waals surface area contributed by atoms with Crippen molar-refractivity contribution in [3.63, 3.8) is 0 Å². The monoisotopic (exact) mass is 1070 g/mol. The number of aliphatic hydroxyl groups is 11. The molecule has 9 aliphatic rings. The molecule has 5 aliphatic carbocycles. The van der Waals surface area contributed by atoms with E-state index in [1.54, 1.807) is 0 Å². The molecule has 22 heteroatoms. The minimum absolute atomic E-state index is 0.112. The molecule has 22 nitrogen and oxygen atoms in total. The second-order valence-corrected chi connectivity index (χ2v) is 25.7. The number of carbonyl (C=O) groups is 2. The fourth-order valence-electron chi connectivity index (χ4n) is 16.1. The lowest BCUT2D eigenvalue weighted by Gasteiger charge is -2.71. The number of allylic oxidation sites excluding steroid dienone is 2. The molecule has 75 heavy (non-hydrogen) atoms. The maximum absolute atomic E-state index is 15.3. The van der Waals surface area contributed by atoms with Crippen LogP contribution in [-0.2, 0) is 52.2 Å². The summed E-state index contributed by atoms with van der Waals surface area (Å²) in [5.41, 5.74) is -2.25. The van der Waals surface area contributed by atoms with E-state index in [1.165, 1.54) is 6.92 Å². The zero-order valence-electron chi connectivity index (χ0n) is 44.5. The van der Waals surface area contributed by atoms with Crippen LogP contribution in [-0.4, -0.2) is 211 Å². The third-order valence-electron chi connectivity index (χ3n) is 20.8. The van der Waals surface area contributed by atoms with Crippen molar-refractivity contribution in [2.45, 2.75) is 236 Å². The molecule has 428 valence electrons. The van der Waals surface area contributed by atoms with Crippen LogP contribution < -0.4 is 0 Å². The summed E-state index contributed by atoms with van der Waals surface area (Å²) in [4.78, 5) is 27.8. The van der Waals surface area contributed by atoms with Crippen molar-refractivity contribution < 1.29 is 108 Å². The fourth-order valence-corrected chi connectivity index (χ4v) is 16.1. The van der Waals surface area contributed by atoms with Crippen LogP contribution in [0.25, 0.3) is 0 Å². The smallest absolute Gasteiger partial charge is 0.337 e. The van der Waals surface area contributed by atoms with E-state index < -0.39 is 164 Å². The molecule has 4 saturated heterocycles. The maximum atomic E-state index is 15.3. The Morgan fingerprint density at radius 3 is 1.91 bits per heavy atom. The number of rotatable bonds is 9. The standard InChI is InChI=1S/C53H84O22/c1-22-39(72-43-36(62)31(57)25(54)20-68-43)35(61)38(64)44(70-22)74-41-32(58)26(55)21-69-46(41)75-47(66)53-17-16-48(2,3)18-24(53)23-10-11-28-50(6)14-13-30(71-45-37(63)33(59)34(60)40(73-45)42(65)67-9)49(4,5)27(50)12-15-51(28,7)52(23,8)19-29(53)56/h10,22,24-41,43-46,54-64H,11-21H2,1-9H3/t22-,24+,25+,26+,27-,28+,29+,30-,31-,32-,33-,34-,35-,36+,37+,38+,39-,40-,41+,43-,44-,45+,46-,50-,51+,52+,53+/m0/s1. The Kier molecular flexibility index (Phi) is 15.8. The number of aliphatic hydroxyl groups excluding tert-OH is 11. The molecule has 0 amide bonds. The number of hydrogen-bond donors (Lipinski definition) is 11. The summed E-state index contributed by atoms with van der Waals surface area (Å²) < 4.78 is 52.3. The third-order valence-corrected chi connectivity index (χ3v) is 20.8. The van der Waals surface area contributed by atoms with Crippen molar-refractivity contribution in [3.05, 3.63) is 11.6 Å². The van der Waals surface area contributed by atoms with E-state index >= 15 is 4.79 Å². The van der Waals surface area contributed by atoms with E-state index in [-0.39, 0.29) is 47.5 Å². The molecule has 0 spiro atoms. The molecule has 0 bridgehead atoms. The Hall–Kier alpha value is -2.04. The number of fused-ring (bicyclic) bond motifs is 7. The van der Waals surface area contributed by atoms with E-state index in [4.69, 9.17) is 42.6 Å². The predicted molar refractivity (Wildman–Crippen MR) is 256 cm³/mol. The Morgan fingerprint density at radius 2 is 1.23 bits per heavy atom. The molecule has 0 aromatic carbocycles. The number of carbonyl (C=O) groups excluding carboxylic acids is 2. The highest BCUT2D eigenvalue weighted by molar-refractivity contribution is 5.80. The van der Waals surface area contributed by atoms with Crippen molar-refractivity contribution in [3.8, 4) is 0 Å². The zero-order chi connectivity index (χ0) is 54.9. The highest BCUT2D eigenvalue weighted by atomic mass is 16.8. The normalized spacial score (nSPS) is 53.4. The summed E-state index contributed by atoms with van der Waals surface area (Å²) in [7, 11) is 1.14. The molecule has 0 aromatic rings. The van der Waals surface area contributed by atoms with Gasteiger partial charge >= 0.3 is 11.9 Å². The quantitative estimate of drug-likeness (QED) is 0.0782. The van der Waals surface area contributed by atoms with Crippen LogP contribution >= 0.6 is 0 Å². The van der Waals surface area contributed by atoms with E-state index in [2.05, 4.69) is 54.5 Å². The van der Waals surface area contributed by atoms with Crippen LogP contribution in [0, 0.1) is 50.2 Å². The molecule has 0 unspecified atom stereocenters. The van der Waals surface area contributed by atoms with Gasteiger partial charge < -0.3 is 98.8 Å². The van der Waals surface area contributed by atoms with Crippen molar-refractivity contribution in [2.75, 3.05) is 20.3 Å². The van der Waals surface area contributed by atoms with Crippen molar-refractivity contribution >= 4 is 11.9 Å². The van der Waals surface area contributed by atoms with Crippen molar-refractivity contribution in [2.24, 2.45) is 50.2 Å². The van der Waals surface area contributed by atoms with E-state index in [9.17, 15) is 61.0 Å². The molecule has 4 heterocycles. The summed E-state index contributed by atoms with van der Waals surface area (Å²) in [6, 6.07) is 0. The largest absolute Gasteiger partial charge is 0.467 e. The van der Waals surface area contributed by atoms with Crippen LogP contribution in [0.5, 0.6) is 0 Å². The molecule has 8 fully saturated rings. The summed E-state index contributed by atoms with van der Waals surface area (Å²) in [5, 5.41) is 120. The average Bonchev–Trinajstić information content (AvgIpc) is 3.38. The van der Waals surface area contributed by atoms with Gasteiger partial charge in [0.2, 0.25) is 6.29 Å². The first-order chi connectivity index (χ1) is 35.0. The first-order valence-electron chi connectivity index (χ1n) is 27.0. The van der Waals surface area contributed by atoms with Gasteiger partial charge in [-0.1, -0.05) is 60.1 Å². The van der Waals surface area contributed by atoms with Crippen molar-refractivity contribution in [1.29, 1.82) is 0 Å². The minimum Gasteiger partial charge on any atom is -0.467 e. The Morgan fingerprint density at radius 1 is 0.613 bits per heavy atom. The van der Waals surface area contributed by atoms with E-state index in [0.29, 0.717) is 25.7 Å². The highest BCUT2D eigenvalue weighted by Gasteiger charge is 2.72. The van der Waals surface area contributed by atoms with Crippen molar-refractivity contribution in [1.82, 2.24) is 0 Å². The molecule has 11 N–H and O–H groups in total. The Balaban J connectivity index is 0.942.